The molecule has 20 heavy (non-hydrogen) atoms. The Kier molecular flexibility index (Phi) is 5.02. The van der Waals surface area contributed by atoms with Gasteiger partial charge in [-0.05, 0) is 43.5 Å². The SMILES string of the molecule is CN(C(=O)c1cc2ccccc2s1)C1CCNCC1.Cl. The highest BCUT2D eigenvalue weighted by Crippen LogP contribution is 2.27. The molecule has 0 spiro atoms. The van der Waals surface area contributed by atoms with E-state index in [9.17, 15) is 4.79 Å². The standard InChI is InChI=1S/C15H18N2OS.ClH/c1-17(12-6-8-16-9-7-12)15(18)14-10-11-4-2-3-5-13(11)19-14;/h2-5,10,12,16H,6-9H2,1H3;1H. The van der Waals surface area contributed by atoms with Crippen molar-refractivity contribution < 1.29 is 4.79 Å². The second-order valence-corrected chi connectivity index (χ2v) is 6.13. The third kappa shape index (κ3) is 2.97. The molecule has 1 aliphatic heterocycles. The normalized spacial score (nSPS) is 15.8. The van der Waals surface area contributed by atoms with Gasteiger partial charge in [0, 0.05) is 17.8 Å². The lowest BCUT2D eigenvalue weighted by molar-refractivity contribution is 0.0708. The fraction of sp³-hybridized carbons (Fsp3) is 0.400. The third-order valence-electron chi connectivity index (χ3n) is 3.81. The van der Waals surface area contributed by atoms with Gasteiger partial charge in [-0.1, -0.05) is 18.2 Å². The average Bonchev–Trinajstić information content (AvgIpc) is 2.90. The van der Waals surface area contributed by atoms with Crippen LogP contribution in [0.25, 0.3) is 10.1 Å². The van der Waals surface area contributed by atoms with E-state index in [0.29, 0.717) is 6.04 Å². The van der Waals surface area contributed by atoms with Crippen molar-refractivity contribution in [2.75, 3.05) is 20.1 Å². The molecule has 0 aliphatic carbocycles. The van der Waals surface area contributed by atoms with Crippen LogP contribution >= 0.6 is 23.7 Å². The zero-order valence-electron chi connectivity index (χ0n) is 11.5. The van der Waals surface area contributed by atoms with Crippen LogP contribution in [0.1, 0.15) is 22.5 Å². The van der Waals surface area contributed by atoms with Crippen LogP contribution < -0.4 is 5.32 Å². The Balaban J connectivity index is 0.00000147. The number of hydrogen-bond donors (Lipinski definition) is 1. The summed E-state index contributed by atoms with van der Waals surface area (Å²) in [6.07, 6.45) is 2.10. The van der Waals surface area contributed by atoms with E-state index in [2.05, 4.69) is 17.4 Å². The maximum absolute atomic E-state index is 12.5. The minimum Gasteiger partial charge on any atom is -0.338 e. The number of halogens is 1. The molecule has 5 heteroatoms. The fourth-order valence-corrected chi connectivity index (χ4v) is 3.67. The summed E-state index contributed by atoms with van der Waals surface area (Å²) in [5.74, 6) is 0.160. The largest absolute Gasteiger partial charge is 0.338 e. The molecule has 0 radical (unpaired) electrons. The first-order valence-corrected chi connectivity index (χ1v) is 7.54. The lowest BCUT2D eigenvalue weighted by Gasteiger charge is -2.31. The van der Waals surface area contributed by atoms with E-state index < -0.39 is 0 Å². The van der Waals surface area contributed by atoms with Crippen molar-refractivity contribution in [3.8, 4) is 0 Å². The third-order valence-corrected chi connectivity index (χ3v) is 4.92. The second kappa shape index (κ2) is 6.57. The molecule has 1 amide bonds. The number of benzene rings is 1. The Bertz CT molecular complexity index is 559. The Hall–Kier alpha value is -1.10. The molecule has 3 nitrogen and oxygen atoms in total. The van der Waals surface area contributed by atoms with Crippen LogP contribution in [-0.4, -0.2) is 37.0 Å². The number of thiophene rings is 1. The van der Waals surface area contributed by atoms with Crippen molar-refractivity contribution in [1.82, 2.24) is 10.2 Å². The number of carbonyl (C=O) groups excluding carboxylic acids is 1. The van der Waals surface area contributed by atoms with Gasteiger partial charge in [-0.2, -0.15) is 0 Å². The quantitative estimate of drug-likeness (QED) is 0.924. The molecule has 1 N–H and O–H groups in total. The zero-order chi connectivity index (χ0) is 13.2. The number of piperidine rings is 1. The molecule has 0 unspecified atom stereocenters. The molecule has 1 aromatic heterocycles. The van der Waals surface area contributed by atoms with Crippen molar-refractivity contribution in [3.63, 3.8) is 0 Å². The highest BCUT2D eigenvalue weighted by atomic mass is 35.5. The first-order chi connectivity index (χ1) is 9.25. The smallest absolute Gasteiger partial charge is 0.263 e. The summed E-state index contributed by atoms with van der Waals surface area (Å²) in [5.41, 5.74) is 0. The van der Waals surface area contributed by atoms with Crippen molar-refractivity contribution in [2.45, 2.75) is 18.9 Å². The van der Waals surface area contributed by atoms with Gasteiger partial charge in [-0.15, -0.1) is 23.7 Å². The predicted octanol–water partition coefficient (Wildman–Crippen LogP) is 3.15. The van der Waals surface area contributed by atoms with Crippen LogP contribution in [0.4, 0.5) is 0 Å². The van der Waals surface area contributed by atoms with Gasteiger partial charge < -0.3 is 10.2 Å². The van der Waals surface area contributed by atoms with Crippen LogP contribution in [0, 0.1) is 0 Å². The van der Waals surface area contributed by atoms with E-state index in [0.717, 1.165) is 36.2 Å². The molecule has 1 aliphatic rings. The van der Waals surface area contributed by atoms with Gasteiger partial charge >= 0.3 is 0 Å². The number of nitrogens with one attached hydrogen (secondary N) is 1. The average molecular weight is 311 g/mol. The summed E-state index contributed by atoms with van der Waals surface area (Å²) in [5, 5.41) is 4.50. The minimum absolute atomic E-state index is 0. The van der Waals surface area contributed by atoms with Gasteiger partial charge in [-0.3, -0.25) is 4.79 Å². The summed E-state index contributed by atoms with van der Waals surface area (Å²) in [4.78, 5) is 15.3. The zero-order valence-corrected chi connectivity index (χ0v) is 13.1. The molecular formula is C15H19ClN2OS. The Morgan fingerprint density at radius 1 is 1.30 bits per heavy atom. The van der Waals surface area contributed by atoms with E-state index in [-0.39, 0.29) is 18.3 Å². The van der Waals surface area contributed by atoms with E-state index in [1.165, 1.54) is 4.70 Å². The molecule has 2 heterocycles. The molecule has 3 rings (SSSR count). The van der Waals surface area contributed by atoms with Gasteiger partial charge in [0.2, 0.25) is 0 Å². The van der Waals surface area contributed by atoms with E-state index in [1.54, 1.807) is 11.3 Å². The highest BCUT2D eigenvalue weighted by Gasteiger charge is 2.23. The van der Waals surface area contributed by atoms with Crippen LogP contribution in [0.2, 0.25) is 0 Å². The lowest BCUT2D eigenvalue weighted by atomic mass is 10.1. The summed E-state index contributed by atoms with van der Waals surface area (Å²) >= 11 is 1.59. The van der Waals surface area contributed by atoms with Crippen LogP contribution in [0.15, 0.2) is 30.3 Å². The first kappa shape index (κ1) is 15.3. The van der Waals surface area contributed by atoms with Gasteiger partial charge in [0.25, 0.3) is 5.91 Å². The number of carbonyl (C=O) groups is 1. The molecule has 0 atom stereocenters. The van der Waals surface area contributed by atoms with E-state index >= 15 is 0 Å². The van der Waals surface area contributed by atoms with Crippen molar-refractivity contribution >= 4 is 39.7 Å². The Labute approximate surface area is 129 Å². The molecule has 1 aromatic carbocycles. The van der Waals surface area contributed by atoms with Crippen molar-refractivity contribution in [1.29, 1.82) is 0 Å². The summed E-state index contributed by atoms with van der Waals surface area (Å²) in [6.45, 7) is 2.02. The predicted molar refractivity (Wildman–Crippen MR) is 87.1 cm³/mol. The number of nitrogens with zero attached hydrogens (tertiary/aromatic N) is 1. The van der Waals surface area contributed by atoms with Gasteiger partial charge in [0.1, 0.15) is 0 Å². The van der Waals surface area contributed by atoms with Crippen molar-refractivity contribution in [2.24, 2.45) is 0 Å². The Morgan fingerprint density at radius 2 is 2.00 bits per heavy atom. The van der Waals surface area contributed by atoms with E-state index in [4.69, 9.17) is 0 Å². The summed E-state index contributed by atoms with van der Waals surface area (Å²) < 4.78 is 1.18. The monoisotopic (exact) mass is 310 g/mol. The van der Waals surface area contributed by atoms with E-state index in [1.807, 2.05) is 30.1 Å². The van der Waals surface area contributed by atoms with Crippen LogP contribution in [-0.2, 0) is 0 Å². The summed E-state index contributed by atoms with van der Waals surface area (Å²) in [6, 6.07) is 10.6. The molecule has 1 saturated heterocycles. The summed E-state index contributed by atoms with van der Waals surface area (Å²) in [7, 11) is 1.93. The minimum atomic E-state index is 0. The molecule has 108 valence electrons. The maximum Gasteiger partial charge on any atom is 0.263 e. The van der Waals surface area contributed by atoms with Crippen molar-refractivity contribution in [3.05, 3.63) is 35.2 Å². The number of hydrogen-bond acceptors (Lipinski definition) is 3. The number of fused-ring (bicyclic) bond motifs is 1. The maximum atomic E-state index is 12.5. The topological polar surface area (TPSA) is 32.3 Å². The number of rotatable bonds is 2. The van der Waals surface area contributed by atoms with Gasteiger partial charge in [0.05, 0.1) is 4.88 Å². The fourth-order valence-electron chi connectivity index (χ4n) is 2.62. The van der Waals surface area contributed by atoms with Crippen LogP contribution in [0.5, 0.6) is 0 Å². The highest BCUT2D eigenvalue weighted by molar-refractivity contribution is 7.20. The second-order valence-electron chi connectivity index (χ2n) is 5.05. The lowest BCUT2D eigenvalue weighted by Crippen LogP contribution is -2.43. The van der Waals surface area contributed by atoms with Gasteiger partial charge in [-0.25, -0.2) is 0 Å². The van der Waals surface area contributed by atoms with Crippen LogP contribution in [0.3, 0.4) is 0 Å². The molecule has 0 bridgehead atoms. The Morgan fingerprint density at radius 3 is 2.70 bits per heavy atom. The molecule has 2 aromatic rings. The van der Waals surface area contributed by atoms with Gasteiger partial charge in [0.15, 0.2) is 0 Å². The first-order valence-electron chi connectivity index (χ1n) is 6.72. The molecule has 1 fully saturated rings. The number of amides is 1. The molecule has 0 saturated carbocycles. The molecular weight excluding hydrogens is 292 g/mol.